The molecular weight excluding hydrogens is 449 g/mol. The third kappa shape index (κ3) is 5.10. The maximum atomic E-state index is 13.5. The van der Waals surface area contributed by atoms with Crippen molar-refractivity contribution >= 4 is 35.5 Å². The van der Waals surface area contributed by atoms with E-state index in [9.17, 15) is 14.0 Å². The fraction of sp³-hybridized carbons (Fsp3) is 0.0800. The number of carbonyl (C=O) groups excluding carboxylic acids is 2. The van der Waals surface area contributed by atoms with Gasteiger partial charge >= 0.3 is 11.9 Å². The maximum Gasteiger partial charge on any atom is 0.363 e. The summed E-state index contributed by atoms with van der Waals surface area (Å²) in [5.74, 6) is -1.25. The number of carbonyl (C=O) groups is 2. The summed E-state index contributed by atoms with van der Waals surface area (Å²) in [6.45, 7) is 2.11. The second kappa shape index (κ2) is 9.67. The van der Waals surface area contributed by atoms with E-state index in [1.807, 2.05) is 0 Å². The van der Waals surface area contributed by atoms with Gasteiger partial charge in [-0.25, -0.2) is 19.0 Å². The molecule has 0 aliphatic carbocycles. The third-order valence-corrected chi connectivity index (χ3v) is 4.89. The van der Waals surface area contributed by atoms with Gasteiger partial charge < -0.3 is 14.2 Å². The van der Waals surface area contributed by atoms with Gasteiger partial charge in [0.1, 0.15) is 5.82 Å². The van der Waals surface area contributed by atoms with E-state index >= 15 is 0 Å². The smallest absolute Gasteiger partial charge is 0.363 e. The van der Waals surface area contributed by atoms with Gasteiger partial charge in [-0.3, -0.25) is 0 Å². The Labute approximate surface area is 193 Å². The Bertz CT molecular complexity index is 1300. The highest BCUT2D eigenvalue weighted by Crippen LogP contribution is 2.31. The maximum absolute atomic E-state index is 13.5. The predicted octanol–water partition coefficient (Wildman–Crippen LogP) is 5.44. The minimum Gasteiger partial charge on any atom is -0.490 e. The molecule has 1 aliphatic heterocycles. The van der Waals surface area contributed by atoms with Gasteiger partial charge in [0.25, 0.3) is 0 Å². The van der Waals surface area contributed by atoms with Crippen LogP contribution in [-0.4, -0.2) is 24.4 Å². The van der Waals surface area contributed by atoms with Crippen LogP contribution in [0.5, 0.6) is 11.5 Å². The Morgan fingerprint density at radius 2 is 1.91 bits per heavy atom. The lowest BCUT2D eigenvalue weighted by atomic mass is 10.1. The van der Waals surface area contributed by atoms with Gasteiger partial charge in [0, 0.05) is 5.56 Å². The summed E-state index contributed by atoms with van der Waals surface area (Å²) in [4.78, 5) is 28.9. The van der Waals surface area contributed by atoms with Crippen molar-refractivity contribution in [3.63, 3.8) is 0 Å². The zero-order valence-electron chi connectivity index (χ0n) is 17.4. The van der Waals surface area contributed by atoms with Gasteiger partial charge in [-0.1, -0.05) is 35.9 Å². The molecule has 4 rings (SSSR count). The Hall–Kier alpha value is -3.97. The molecule has 166 valence electrons. The first-order chi connectivity index (χ1) is 15.9. The van der Waals surface area contributed by atoms with Gasteiger partial charge in [0.2, 0.25) is 5.90 Å². The highest BCUT2D eigenvalue weighted by Gasteiger charge is 2.24. The van der Waals surface area contributed by atoms with Crippen LogP contribution in [0.2, 0.25) is 5.02 Å². The fourth-order valence-corrected chi connectivity index (χ4v) is 3.27. The Kier molecular flexibility index (Phi) is 6.51. The molecule has 33 heavy (non-hydrogen) atoms. The predicted molar refractivity (Wildman–Crippen MR) is 121 cm³/mol. The summed E-state index contributed by atoms with van der Waals surface area (Å²) in [6, 6.07) is 16.9. The Morgan fingerprint density at radius 3 is 2.67 bits per heavy atom. The number of esters is 2. The summed E-state index contributed by atoms with van der Waals surface area (Å²) in [7, 11) is 0. The lowest BCUT2D eigenvalue weighted by molar-refractivity contribution is -0.129. The van der Waals surface area contributed by atoms with Crippen LogP contribution in [0.25, 0.3) is 6.08 Å². The molecule has 0 saturated heterocycles. The Balaban J connectivity index is 1.61. The summed E-state index contributed by atoms with van der Waals surface area (Å²) in [5.41, 5.74) is 1.18. The molecule has 1 aliphatic rings. The molecule has 3 aromatic rings. The van der Waals surface area contributed by atoms with Crippen LogP contribution < -0.4 is 9.47 Å². The second-order valence-corrected chi connectivity index (χ2v) is 7.26. The average Bonchev–Trinajstić information content (AvgIpc) is 3.16. The molecule has 0 atom stereocenters. The lowest BCUT2D eigenvalue weighted by Gasteiger charge is -2.12. The van der Waals surface area contributed by atoms with Crippen LogP contribution >= 0.6 is 11.6 Å². The molecule has 0 saturated carbocycles. The van der Waals surface area contributed by atoms with Crippen LogP contribution in [0.1, 0.15) is 28.4 Å². The average molecular weight is 466 g/mol. The van der Waals surface area contributed by atoms with Crippen LogP contribution in [0.3, 0.4) is 0 Å². The summed E-state index contributed by atoms with van der Waals surface area (Å²) < 4.78 is 29.7. The number of aliphatic imine (C=N–C) groups is 1. The standard InChI is InChI=1S/C25H17ClFNO5/c1-2-31-22-13-15(10-11-21(22)32-24(29)18-8-3-4-9-19(18)26)12-20-25(30)33-23(28-20)16-6-5-7-17(27)14-16/h3-14H,2H2,1H3/b20-12-. The van der Waals surface area contributed by atoms with Crippen molar-refractivity contribution in [2.75, 3.05) is 6.61 Å². The van der Waals surface area contributed by atoms with E-state index in [1.54, 1.807) is 55.5 Å². The van der Waals surface area contributed by atoms with Crippen molar-refractivity contribution in [1.82, 2.24) is 0 Å². The van der Waals surface area contributed by atoms with E-state index in [0.717, 1.165) is 0 Å². The summed E-state index contributed by atoms with van der Waals surface area (Å²) in [5, 5.41) is 0.272. The molecule has 0 unspecified atom stereocenters. The number of halogens is 2. The minimum absolute atomic E-state index is 0.0149. The number of rotatable bonds is 6. The first-order valence-electron chi connectivity index (χ1n) is 9.96. The van der Waals surface area contributed by atoms with E-state index in [0.29, 0.717) is 23.5 Å². The molecule has 0 N–H and O–H groups in total. The van der Waals surface area contributed by atoms with E-state index in [2.05, 4.69) is 4.99 Å². The van der Waals surface area contributed by atoms with Crippen LogP contribution in [0.4, 0.5) is 4.39 Å². The largest absolute Gasteiger partial charge is 0.490 e. The molecule has 0 bridgehead atoms. The number of hydrogen-bond donors (Lipinski definition) is 0. The summed E-state index contributed by atoms with van der Waals surface area (Å²) in [6.07, 6.45) is 1.50. The van der Waals surface area contributed by atoms with E-state index in [1.165, 1.54) is 24.3 Å². The molecule has 0 amide bonds. The van der Waals surface area contributed by atoms with Crippen molar-refractivity contribution in [1.29, 1.82) is 0 Å². The molecular formula is C25H17ClFNO5. The lowest BCUT2D eigenvalue weighted by Crippen LogP contribution is -2.10. The van der Waals surface area contributed by atoms with E-state index < -0.39 is 17.8 Å². The number of benzene rings is 3. The zero-order chi connectivity index (χ0) is 23.4. The first-order valence-corrected chi connectivity index (χ1v) is 10.3. The van der Waals surface area contributed by atoms with Crippen molar-refractivity contribution in [3.8, 4) is 11.5 Å². The molecule has 1 heterocycles. The van der Waals surface area contributed by atoms with E-state index in [4.69, 9.17) is 25.8 Å². The molecule has 3 aromatic carbocycles. The van der Waals surface area contributed by atoms with Crippen LogP contribution in [-0.2, 0) is 9.53 Å². The fourth-order valence-electron chi connectivity index (χ4n) is 3.06. The van der Waals surface area contributed by atoms with Crippen molar-refractivity contribution in [3.05, 3.63) is 100.0 Å². The van der Waals surface area contributed by atoms with Crippen LogP contribution in [0, 0.1) is 5.82 Å². The normalized spacial score (nSPS) is 14.1. The number of ether oxygens (including phenoxy) is 3. The van der Waals surface area contributed by atoms with Gasteiger partial charge in [0.05, 0.1) is 17.2 Å². The van der Waals surface area contributed by atoms with Gasteiger partial charge in [-0.15, -0.1) is 0 Å². The zero-order valence-corrected chi connectivity index (χ0v) is 18.1. The van der Waals surface area contributed by atoms with Gasteiger partial charge in [-0.2, -0.15) is 0 Å². The SMILES string of the molecule is CCOc1cc(/C=C2\N=C(c3cccc(F)c3)OC2=O)ccc1OC(=O)c1ccccc1Cl. The molecule has 0 fully saturated rings. The topological polar surface area (TPSA) is 74.2 Å². The minimum atomic E-state index is -0.665. The van der Waals surface area contributed by atoms with Crippen molar-refractivity contribution in [2.24, 2.45) is 4.99 Å². The first kappa shape index (κ1) is 22.2. The molecule has 6 nitrogen and oxygen atoms in total. The number of hydrogen-bond acceptors (Lipinski definition) is 6. The van der Waals surface area contributed by atoms with Crippen molar-refractivity contribution in [2.45, 2.75) is 6.92 Å². The molecule has 8 heteroatoms. The highest BCUT2D eigenvalue weighted by atomic mass is 35.5. The number of nitrogens with zero attached hydrogens (tertiary/aromatic N) is 1. The quantitative estimate of drug-likeness (QED) is 0.275. The Morgan fingerprint density at radius 1 is 1.09 bits per heavy atom. The molecule has 0 aromatic heterocycles. The second-order valence-electron chi connectivity index (χ2n) is 6.85. The van der Waals surface area contributed by atoms with Gasteiger partial charge in [-0.05, 0) is 61.0 Å². The monoisotopic (exact) mass is 465 g/mol. The molecule has 0 radical (unpaired) electrons. The third-order valence-electron chi connectivity index (χ3n) is 4.56. The summed E-state index contributed by atoms with van der Waals surface area (Å²) >= 11 is 6.07. The van der Waals surface area contributed by atoms with Crippen LogP contribution in [0.15, 0.2) is 77.4 Å². The van der Waals surface area contributed by atoms with Gasteiger partial charge in [0.15, 0.2) is 17.2 Å². The molecule has 0 spiro atoms. The number of cyclic esters (lactones) is 1. The van der Waals surface area contributed by atoms with Crippen molar-refractivity contribution < 1.29 is 28.2 Å². The van der Waals surface area contributed by atoms with E-state index in [-0.39, 0.29) is 27.9 Å². The highest BCUT2D eigenvalue weighted by molar-refractivity contribution is 6.33.